The lowest BCUT2D eigenvalue weighted by Gasteiger charge is -2.05. The number of hydrogen-bond donors (Lipinski definition) is 1. The Hall–Kier alpha value is -2.17. The number of aromatic amines is 1. The van der Waals surface area contributed by atoms with Gasteiger partial charge in [-0.1, -0.05) is 12.1 Å². The van der Waals surface area contributed by atoms with Crippen molar-refractivity contribution in [2.45, 2.75) is 19.4 Å². The highest BCUT2D eigenvalue weighted by Gasteiger charge is 2.13. The first-order valence-electron chi connectivity index (χ1n) is 5.32. The largest absolute Gasteiger partial charge is 0.322 e. The second-order valence-electron chi connectivity index (χ2n) is 4.08. The normalized spacial score (nSPS) is 12.5. The molecule has 1 aromatic carbocycles. The van der Waals surface area contributed by atoms with Gasteiger partial charge in [-0.05, 0) is 23.1 Å². The molecule has 17 heavy (non-hydrogen) atoms. The van der Waals surface area contributed by atoms with Crippen LogP contribution in [-0.2, 0) is 6.42 Å². The van der Waals surface area contributed by atoms with Crippen LogP contribution in [0.2, 0.25) is 0 Å². The molecule has 1 heterocycles. The minimum absolute atomic E-state index is 0.169. The molecule has 1 unspecified atom stereocenters. The molecule has 88 valence electrons. The van der Waals surface area contributed by atoms with Crippen LogP contribution >= 0.6 is 0 Å². The first-order chi connectivity index (χ1) is 8.06. The predicted molar refractivity (Wildman–Crippen MR) is 64.7 cm³/mol. The molecule has 2 rings (SSSR count). The lowest BCUT2D eigenvalue weighted by atomic mass is 10.1. The molecule has 5 heteroatoms. The SMILES string of the molecule is CC(Cc1ccc2ccc(=O)[nH]c2c1)[N+](=O)[O-]. The average molecular weight is 232 g/mol. The summed E-state index contributed by atoms with van der Waals surface area (Å²) in [6.07, 6.45) is 0.361. The number of benzene rings is 1. The maximum Gasteiger partial charge on any atom is 0.248 e. The van der Waals surface area contributed by atoms with Crippen LogP contribution in [0.3, 0.4) is 0 Å². The zero-order chi connectivity index (χ0) is 12.4. The Balaban J connectivity index is 2.37. The van der Waals surface area contributed by atoms with Crippen molar-refractivity contribution in [3.8, 4) is 0 Å². The highest BCUT2D eigenvalue weighted by molar-refractivity contribution is 5.78. The van der Waals surface area contributed by atoms with E-state index in [2.05, 4.69) is 4.98 Å². The van der Waals surface area contributed by atoms with Crippen LogP contribution in [0, 0.1) is 10.1 Å². The fourth-order valence-corrected chi connectivity index (χ4v) is 1.74. The Morgan fingerprint density at radius 2 is 2.06 bits per heavy atom. The van der Waals surface area contributed by atoms with E-state index < -0.39 is 6.04 Å². The molecule has 0 radical (unpaired) electrons. The molecule has 0 saturated carbocycles. The van der Waals surface area contributed by atoms with Crippen LogP contribution in [0.4, 0.5) is 0 Å². The van der Waals surface area contributed by atoms with Crippen molar-refractivity contribution < 1.29 is 4.92 Å². The molecular formula is C12H12N2O3. The zero-order valence-corrected chi connectivity index (χ0v) is 9.34. The van der Waals surface area contributed by atoms with Crippen molar-refractivity contribution in [3.05, 3.63) is 56.4 Å². The van der Waals surface area contributed by atoms with Crippen molar-refractivity contribution in [3.63, 3.8) is 0 Å². The van der Waals surface area contributed by atoms with Gasteiger partial charge in [0.1, 0.15) is 0 Å². The van der Waals surface area contributed by atoms with Crippen LogP contribution in [0.25, 0.3) is 10.9 Å². The van der Waals surface area contributed by atoms with Crippen molar-refractivity contribution >= 4 is 10.9 Å². The highest BCUT2D eigenvalue weighted by atomic mass is 16.6. The van der Waals surface area contributed by atoms with E-state index in [1.807, 2.05) is 12.1 Å². The number of nitro groups is 1. The van der Waals surface area contributed by atoms with Crippen molar-refractivity contribution in [1.29, 1.82) is 0 Å². The van der Waals surface area contributed by atoms with Gasteiger partial charge in [0.15, 0.2) is 0 Å². The monoisotopic (exact) mass is 232 g/mol. The summed E-state index contributed by atoms with van der Waals surface area (Å²) in [6.45, 7) is 1.57. The minimum atomic E-state index is -0.622. The number of nitrogens with zero attached hydrogens (tertiary/aromatic N) is 1. The summed E-state index contributed by atoms with van der Waals surface area (Å²) in [7, 11) is 0. The van der Waals surface area contributed by atoms with Crippen LogP contribution in [0.15, 0.2) is 35.1 Å². The molecule has 0 spiro atoms. The second kappa shape index (κ2) is 4.37. The summed E-state index contributed by atoms with van der Waals surface area (Å²) in [5.74, 6) is 0. The van der Waals surface area contributed by atoms with Gasteiger partial charge in [-0.25, -0.2) is 0 Å². The molecule has 5 nitrogen and oxygen atoms in total. The Morgan fingerprint density at radius 3 is 2.76 bits per heavy atom. The van der Waals surface area contributed by atoms with Gasteiger partial charge in [0.2, 0.25) is 11.6 Å². The molecule has 0 fully saturated rings. The number of fused-ring (bicyclic) bond motifs is 1. The summed E-state index contributed by atoms with van der Waals surface area (Å²) in [5.41, 5.74) is 1.39. The third-order valence-electron chi connectivity index (χ3n) is 2.68. The van der Waals surface area contributed by atoms with E-state index in [0.717, 1.165) is 10.9 Å². The fraction of sp³-hybridized carbons (Fsp3) is 0.250. The predicted octanol–water partition coefficient (Wildman–Crippen LogP) is 1.74. The van der Waals surface area contributed by atoms with Crippen molar-refractivity contribution in [2.75, 3.05) is 0 Å². The molecular weight excluding hydrogens is 220 g/mol. The Kier molecular flexibility index (Phi) is 2.91. The Bertz CT molecular complexity index is 618. The Morgan fingerprint density at radius 1 is 1.35 bits per heavy atom. The number of aromatic nitrogens is 1. The van der Waals surface area contributed by atoms with Gasteiger partial charge in [0, 0.05) is 29.9 Å². The van der Waals surface area contributed by atoms with Gasteiger partial charge in [0.05, 0.1) is 0 Å². The molecule has 2 aromatic rings. The lowest BCUT2D eigenvalue weighted by Crippen LogP contribution is -2.17. The third-order valence-corrected chi connectivity index (χ3v) is 2.68. The van der Waals surface area contributed by atoms with Gasteiger partial charge < -0.3 is 4.98 Å². The lowest BCUT2D eigenvalue weighted by molar-refractivity contribution is -0.517. The third kappa shape index (κ3) is 2.50. The van der Waals surface area contributed by atoms with E-state index in [4.69, 9.17) is 0 Å². The summed E-state index contributed by atoms with van der Waals surface area (Å²) in [5, 5.41) is 11.5. The van der Waals surface area contributed by atoms with Crippen LogP contribution in [0.5, 0.6) is 0 Å². The van der Waals surface area contributed by atoms with E-state index >= 15 is 0 Å². The first-order valence-corrected chi connectivity index (χ1v) is 5.32. The van der Waals surface area contributed by atoms with Gasteiger partial charge >= 0.3 is 0 Å². The molecule has 1 aromatic heterocycles. The maximum absolute atomic E-state index is 11.2. The molecule has 0 aliphatic heterocycles. The quantitative estimate of drug-likeness (QED) is 0.646. The fourth-order valence-electron chi connectivity index (χ4n) is 1.74. The van der Waals surface area contributed by atoms with E-state index in [0.29, 0.717) is 11.9 Å². The summed E-state index contributed by atoms with van der Waals surface area (Å²) >= 11 is 0. The Labute approximate surface area is 97.2 Å². The highest BCUT2D eigenvalue weighted by Crippen LogP contribution is 2.14. The summed E-state index contributed by atoms with van der Waals surface area (Å²) < 4.78 is 0. The number of rotatable bonds is 3. The van der Waals surface area contributed by atoms with Gasteiger partial charge in [-0.15, -0.1) is 0 Å². The molecule has 1 atom stereocenters. The second-order valence-corrected chi connectivity index (χ2v) is 4.08. The van der Waals surface area contributed by atoms with E-state index in [1.54, 1.807) is 19.1 Å². The summed E-state index contributed by atoms with van der Waals surface area (Å²) in [4.78, 5) is 24.1. The summed E-state index contributed by atoms with van der Waals surface area (Å²) in [6, 6.07) is 8.06. The van der Waals surface area contributed by atoms with Crippen LogP contribution < -0.4 is 5.56 Å². The average Bonchev–Trinajstić information content (AvgIpc) is 2.28. The van der Waals surface area contributed by atoms with E-state index in [-0.39, 0.29) is 10.5 Å². The molecule has 0 aliphatic carbocycles. The molecule has 0 aliphatic rings. The first kappa shape index (κ1) is 11.3. The van der Waals surface area contributed by atoms with Crippen molar-refractivity contribution in [1.82, 2.24) is 4.98 Å². The zero-order valence-electron chi connectivity index (χ0n) is 9.34. The van der Waals surface area contributed by atoms with Crippen LogP contribution in [0.1, 0.15) is 12.5 Å². The number of H-pyrrole nitrogens is 1. The topological polar surface area (TPSA) is 76.0 Å². The van der Waals surface area contributed by atoms with Gasteiger partial charge in [-0.2, -0.15) is 0 Å². The molecule has 0 saturated heterocycles. The van der Waals surface area contributed by atoms with Crippen molar-refractivity contribution in [2.24, 2.45) is 0 Å². The van der Waals surface area contributed by atoms with Gasteiger partial charge in [0.25, 0.3) is 0 Å². The van der Waals surface area contributed by atoms with Gasteiger partial charge in [-0.3, -0.25) is 14.9 Å². The molecule has 1 N–H and O–H groups in total. The maximum atomic E-state index is 11.2. The van der Waals surface area contributed by atoms with Crippen LogP contribution in [-0.4, -0.2) is 15.9 Å². The van der Waals surface area contributed by atoms with E-state index in [9.17, 15) is 14.9 Å². The van der Waals surface area contributed by atoms with E-state index in [1.165, 1.54) is 6.07 Å². The molecule has 0 bridgehead atoms. The smallest absolute Gasteiger partial charge is 0.248 e. The number of hydrogen-bond acceptors (Lipinski definition) is 3. The minimum Gasteiger partial charge on any atom is -0.322 e. The number of pyridine rings is 1. The standard InChI is InChI=1S/C12H12N2O3/c1-8(14(16)17)6-9-2-3-10-4-5-12(15)13-11(10)7-9/h2-5,7-8H,6H2,1H3,(H,13,15). The molecule has 0 amide bonds. The number of nitrogens with one attached hydrogen (secondary N) is 1.